The van der Waals surface area contributed by atoms with Crippen LogP contribution in [0, 0.1) is 26.7 Å². The van der Waals surface area contributed by atoms with E-state index in [1.165, 1.54) is 6.26 Å². The zero-order chi connectivity index (χ0) is 18.0. The zero-order valence-electron chi connectivity index (χ0n) is 14.9. The van der Waals surface area contributed by atoms with Gasteiger partial charge in [-0.2, -0.15) is 0 Å². The van der Waals surface area contributed by atoms with Gasteiger partial charge in [0, 0.05) is 13.1 Å². The zero-order valence-corrected chi connectivity index (χ0v) is 14.9. The third-order valence-corrected chi connectivity index (χ3v) is 4.65. The van der Waals surface area contributed by atoms with Crippen LogP contribution in [-0.4, -0.2) is 29.9 Å². The molecule has 132 valence electrons. The molecular formula is C20H23NO4. The molecule has 0 radical (unpaired) electrons. The molecule has 5 nitrogen and oxygen atoms in total. The smallest absolute Gasteiger partial charge is 0.314 e. The number of rotatable bonds is 3. The largest absolute Gasteiger partial charge is 0.459 e. The monoisotopic (exact) mass is 341 g/mol. The fourth-order valence-electron chi connectivity index (χ4n) is 3.39. The first kappa shape index (κ1) is 17.3. The summed E-state index contributed by atoms with van der Waals surface area (Å²) in [4.78, 5) is 26.5. The van der Waals surface area contributed by atoms with E-state index in [4.69, 9.17) is 9.15 Å². The molecule has 1 aliphatic heterocycles. The molecule has 0 bridgehead atoms. The normalized spacial score (nSPS) is 15.2. The van der Waals surface area contributed by atoms with Crippen LogP contribution in [0.1, 0.15) is 40.1 Å². The second-order valence-electron chi connectivity index (χ2n) is 6.69. The summed E-state index contributed by atoms with van der Waals surface area (Å²) in [5.74, 6) is 0.486. The van der Waals surface area contributed by atoms with Crippen LogP contribution in [0.4, 0.5) is 0 Å². The van der Waals surface area contributed by atoms with Gasteiger partial charge in [-0.25, -0.2) is 0 Å². The minimum absolute atomic E-state index is 0.123. The van der Waals surface area contributed by atoms with Crippen molar-refractivity contribution in [2.45, 2.75) is 33.6 Å². The van der Waals surface area contributed by atoms with Gasteiger partial charge in [0.25, 0.3) is 5.91 Å². The van der Waals surface area contributed by atoms with Gasteiger partial charge in [-0.15, -0.1) is 0 Å². The third-order valence-electron chi connectivity index (χ3n) is 4.65. The molecule has 0 saturated carbocycles. The molecule has 0 aliphatic carbocycles. The first-order valence-electron chi connectivity index (χ1n) is 8.58. The van der Waals surface area contributed by atoms with E-state index in [1.54, 1.807) is 17.0 Å². The van der Waals surface area contributed by atoms with E-state index < -0.39 is 0 Å². The highest BCUT2D eigenvalue weighted by molar-refractivity contribution is 5.91. The van der Waals surface area contributed by atoms with Gasteiger partial charge in [0.15, 0.2) is 5.76 Å². The van der Waals surface area contributed by atoms with Crippen molar-refractivity contribution in [1.29, 1.82) is 0 Å². The van der Waals surface area contributed by atoms with E-state index in [-0.39, 0.29) is 17.8 Å². The summed E-state index contributed by atoms with van der Waals surface area (Å²) in [7, 11) is 0. The van der Waals surface area contributed by atoms with Crippen molar-refractivity contribution in [3.05, 3.63) is 53.0 Å². The maximum atomic E-state index is 12.5. The molecular weight excluding hydrogens is 318 g/mol. The van der Waals surface area contributed by atoms with Crippen molar-refractivity contribution in [2.24, 2.45) is 5.92 Å². The van der Waals surface area contributed by atoms with E-state index >= 15 is 0 Å². The average Bonchev–Trinajstić information content (AvgIpc) is 3.12. The number of amides is 1. The number of aryl methyl sites for hydroxylation is 3. The molecule has 1 aromatic heterocycles. The predicted octanol–water partition coefficient (Wildman–Crippen LogP) is 3.66. The number of carbonyl (C=O) groups excluding carboxylic acids is 2. The Morgan fingerprint density at radius 3 is 2.32 bits per heavy atom. The van der Waals surface area contributed by atoms with Crippen LogP contribution >= 0.6 is 0 Å². The van der Waals surface area contributed by atoms with Crippen molar-refractivity contribution in [3.8, 4) is 5.75 Å². The number of furan rings is 1. The molecule has 0 atom stereocenters. The van der Waals surface area contributed by atoms with Crippen molar-refractivity contribution in [1.82, 2.24) is 4.90 Å². The summed E-state index contributed by atoms with van der Waals surface area (Å²) < 4.78 is 10.8. The lowest BCUT2D eigenvalue weighted by Gasteiger charge is -2.30. The van der Waals surface area contributed by atoms with Gasteiger partial charge < -0.3 is 14.1 Å². The van der Waals surface area contributed by atoms with Crippen LogP contribution in [0.15, 0.2) is 34.9 Å². The Morgan fingerprint density at radius 2 is 1.76 bits per heavy atom. The van der Waals surface area contributed by atoms with Gasteiger partial charge in [-0.05, 0) is 56.9 Å². The number of likely N-dealkylation sites (tertiary alicyclic amines) is 1. The van der Waals surface area contributed by atoms with E-state index in [2.05, 4.69) is 0 Å². The number of nitrogens with zero attached hydrogens (tertiary/aromatic N) is 1. The van der Waals surface area contributed by atoms with Gasteiger partial charge in [0.2, 0.25) is 0 Å². The number of benzene rings is 1. The SMILES string of the molecule is Cc1cc(C)c(OC(=O)C2CCN(C(=O)c3ccco3)CC2)c(C)c1. The second kappa shape index (κ2) is 7.13. The summed E-state index contributed by atoms with van der Waals surface area (Å²) >= 11 is 0. The molecule has 1 aliphatic rings. The van der Waals surface area contributed by atoms with Crippen LogP contribution in [-0.2, 0) is 4.79 Å². The van der Waals surface area contributed by atoms with E-state index in [0.29, 0.717) is 37.4 Å². The maximum absolute atomic E-state index is 12.5. The molecule has 3 rings (SSSR count). The molecule has 0 spiro atoms. The first-order valence-corrected chi connectivity index (χ1v) is 8.58. The fraction of sp³-hybridized carbons (Fsp3) is 0.400. The van der Waals surface area contributed by atoms with Gasteiger partial charge in [0.05, 0.1) is 12.2 Å². The summed E-state index contributed by atoms with van der Waals surface area (Å²) in [6, 6.07) is 7.38. The quantitative estimate of drug-likeness (QED) is 0.631. The van der Waals surface area contributed by atoms with Crippen LogP contribution < -0.4 is 4.74 Å². The fourth-order valence-corrected chi connectivity index (χ4v) is 3.39. The van der Waals surface area contributed by atoms with Crippen molar-refractivity contribution >= 4 is 11.9 Å². The molecule has 5 heteroatoms. The summed E-state index contributed by atoms with van der Waals surface area (Å²) in [5, 5.41) is 0. The van der Waals surface area contributed by atoms with Crippen molar-refractivity contribution in [2.75, 3.05) is 13.1 Å². The molecule has 0 N–H and O–H groups in total. The molecule has 1 fully saturated rings. The summed E-state index contributed by atoms with van der Waals surface area (Å²) in [6.45, 7) is 6.99. The Kier molecular flexibility index (Phi) is 4.93. The molecule has 2 aromatic rings. The predicted molar refractivity (Wildman–Crippen MR) is 93.6 cm³/mol. The van der Waals surface area contributed by atoms with E-state index in [0.717, 1.165) is 16.7 Å². The number of carbonyl (C=O) groups is 2. The number of esters is 1. The standard InChI is InChI=1S/C20H23NO4/c1-13-11-14(2)18(15(3)12-13)25-20(23)16-6-8-21(9-7-16)19(22)17-5-4-10-24-17/h4-5,10-12,16H,6-9H2,1-3H3. The Morgan fingerprint density at radius 1 is 1.12 bits per heavy atom. The van der Waals surface area contributed by atoms with Gasteiger partial charge in [-0.3, -0.25) is 9.59 Å². The average molecular weight is 341 g/mol. The van der Waals surface area contributed by atoms with Gasteiger partial charge in [0.1, 0.15) is 5.75 Å². The van der Waals surface area contributed by atoms with Crippen LogP contribution in [0.3, 0.4) is 0 Å². The number of hydrogen-bond acceptors (Lipinski definition) is 4. The highest BCUT2D eigenvalue weighted by Crippen LogP contribution is 2.27. The third kappa shape index (κ3) is 3.76. The number of ether oxygens (including phenoxy) is 1. The minimum Gasteiger partial charge on any atom is -0.459 e. The van der Waals surface area contributed by atoms with E-state index in [9.17, 15) is 9.59 Å². The lowest BCUT2D eigenvalue weighted by molar-refractivity contribution is -0.140. The summed E-state index contributed by atoms with van der Waals surface area (Å²) in [6.07, 6.45) is 2.70. The molecule has 1 saturated heterocycles. The van der Waals surface area contributed by atoms with Crippen LogP contribution in [0.5, 0.6) is 5.75 Å². The molecule has 1 amide bonds. The Balaban J connectivity index is 1.60. The van der Waals surface area contributed by atoms with Gasteiger partial charge in [-0.1, -0.05) is 17.7 Å². The Bertz CT molecular complexity index is 748. The molecule has 25 heavy (non-hydrogen) atoms. The lowest BCUT2D eigenvalue weighted by atomic mass is 9.96. The van der Waals surface area contributed by atoms with Crippen LogP contribution in [0.2, 0.25) is 0 Å². The summed E-state index contributed by atoms with van der Waals surface area (Å²) in [5.41, 5.74) is 3.09. The topological polar surface area (TPSA) is 59.8 Å². The molecule has 1 aromatic carbocycles. The van der Waals surface area contributed by atoms with Crippen molar-refractivity contribution in [3.63, 3.8) is 0 Å². The van der Waals surface area contributed by atoms with Crippen molar-refractivity contribution < 1.29 is 18.7 Å². The lowest BCUT2D eigenvalue weighted by Crippen LogP contribution is -2.41. The van der Waals surface area contributed by atoms with E-state index in [1.807, 2.05) is 32.9 Å². The molecule has 0 unspecified atom stereocenters. The Labute approximate surface area is 147 Å². The first-order chi connectivity index (χ1) is 12.0. The second-order valence-corrected chi connectivity index (χ2v) is 6.69. The number of piperidine rings is 1. The highest BCUT2D eigenvalue weighted by atomic mass is 16.5. The minimum atomic E-state index is -0.208. The van der Waals surface area contributed by atoms with Crippen LogP contribution in [0.25, 0.3) is 0 Å². The Hall–Kier alpha value is -2.56. The van der Waals surface area contributed by atoms with Gasteiger partial charge >= 0.3 is 5.97 Å². The molecule has 2 heterocycles. The maximum Gasteiger partial charge on any atom is 0.314 e. The number of hydrogen-bond donors (Lipinski definition) is 0. The highest BCUT2D eigenvalue weighted by Gasteiger charge is 2.30.